The van der Waals surface area contributed by atoms with Crippen molar-refractivity contribution in [3.63, 3.8) is 0 Å². The van der Waals surface area contributed by atoms with Crippen molar-refractivity contribution in [1.82, 2.24) is 0 Å². The highest BCUT2D eigenvalue weighted by Gasteiger charge is 2.21. The minimum atomic E-state index is 1.24. The first-order chi connectivity index (χ1) is 47.9. The van der Waals surface area contributed by atoms with Crippen LogP contribution in [0.4, 0.5) is 0 Å². The highest BCUT2D eigenvalue weighted by atomic mass is 14.2. The molecule has 0 heteroatoms. The van der Waals surface area contributed by atoms with Crippen molar-refractivity contribution >= 4 is 75.4 Å². The van der Waals surface area contributed by atoms with Crippen molar-refractivity contribution in [3.05, 3.63) is 387 Å². The van der Waals surface area contributed by atoms with Gasteiger partial charge in [-0.05, 0) is 191 Å². The lowest BCUT2D eigenvalue weighted by molar-refractivity contribution is 1.47. The molecule has 458 valence electrons. The predicted octanol–water partition coefficient (Wildman–Crippen LogP) is 27.4. The Labute approximate surface area is 568 Å². The summed E-state index contributed by atoms with van der Waals surface area (Å²) in [5.74, 6) is 0. The maximum absolute atomic E-state index is 2.33. The number of hydrogen-bond acceptors (Lipinski definition) is 0. The molecule has 0 bridgehead atoms. The molecule has 0 saturated heterocycles. The van der Waals surface area contributed by atoms with Crippen LogP contribution in [0, 0.1) is 20.8 Å². The number of benzene rings is 18. The molecule has 0 heterocycles. The van der Waals surface area contributed by atoms with Crippen LogP contribution in [-0.4, -0.2) is 0 Å². The Morgan fingerprint density at radius 3 is 0.711 bits per heavy atom. The van der Waals surface area contributed by atoms with E-state index in [0.717, 1.165) is 0 Å². The van der Waals surface area contributed by atoms with Gasteiger partial charge in [-0.15, -0.1) is 0 Å². The highest BCUT2D eigenvalue weighted by Crippen LogP contribution is 2.49. The molecule has 0 saturated carbocycles. The fraction of sp³-hybridized carbons (Fsp3) is 0.0309. The van der Waals surface area contributed by atoms with Gasteiger partial charge < -0.3 is 0 Å². The van der Waals surface area contributed by atoms with Gasteiger partial charge in [0.05, 0.1) is 0 Å². The summed E-state index contributed by atoms with van der Waals surface area (Å²) in [4.78, 5) is 0. The average Bonchev–Trinajstić information content (AvgIpc) is 0.753. The van der Waals surface area contributed by atoms with Crippen molar-refractivity contribution in [1.29, 1.82) is 0 Å². The Balaban J connectivity index is 0.000000114. The lowest BCUT2D eigenvalue weighted by Crippen LogP contribution is -1.92. The van der Waals surface area contributed by atoms with Crippen molar-refractivity contribution in [2.45, 2.75) is 20.8 Å². The van der Waals surface area contributed by atoms with Gasteiger partial charge in [-0.1, -0.05) is 381 Å². The van der Waals surface area contributed by atoms with Crippen LogP contribution in [0.2, 0.25) is 0 Å². The zero-order valence-electron chi connectivity index (χ0n) is 54.7. The normalized spacial score (nSPS) is 11.2. The SMILES string of the molecule is Cc1ccc(-c2c3ccccc3c(-c3ccc(-c4ccccc4)cc3)c3ccccc23)cc1.Cc1ccc(-c2c3ccccc3c(-c3ccc4ccccc4c3)c3ccccc23)cc1.Cc1ccc(-c2c3ccccc3c(-c3ccccc3-c3ccccc3)c3ccccc23)cc1. The monoisotopic (exact) mass is 1230 g/mol. The van der Waals surface area contributed by atoms with E-state index in [9.17, 15) is 0 Å². The fourth-order valence-corrected chi connectivity index (χ4v) is 14.8. The molecule has 0 amide bonds. The molecule has 0 nitrogen and oxygen atoms in total. The highest BCUT2D eigenvalue weighted by molar-refractivity contribution is 6.25. The smallest absolute Gasteiger partial charge is 0.00201 e. The molecule has 0 atom stereocenters. The van der Waals surface area contributed by atoms with E-state index in [4.69, 9.17) is 0 Å². The summed E-state index contributed by atoms with van der Waals surface area (Å²) >= 11 is 0. The van der Waals surface area contributed by atoms with Gasteiger partial charge in [0.1, 0.15) is 0 Å². The molecule has 0 aromatic heterocycles. The van der Waals surface area contributed by atoms with Crippen LogP contribution in [0.5, 0.6) is 0 Å². The lowest BCUT2D eigenvalue weighted by atomic mass is 9.84. The first-order valence-electron chi connectivity index (χ1n) is 33.7. The molecular formula is C97H70. The van der Waals surface area contributed by atoms with E-state index in [1.165, 1.54) is 181 Å². The van der Waals surface area contributed by atoms with Crippen LogP contribution in [0.25, 0.3) is 164 Å². The van der Waals surface area contributed by atoms with Crippen LogP contribution in [-0.2, 0) is 0 Å². The van der Waals surface area contributed by atoms with Crippen molar-refractivity contribution in [2.24, 2.45) is 0 Å². The second kappa shape index (κ2) is 26.3. The Morgan fingerprint density at radius 1 is 0.134 bits per heavy atom. The topological polar surface area (TPSA) is 0 Å². The molecule has 0 unspecified atom stereocenters. The van der Waals surface area contributed by atoms with E-state index in [2.05, 4.69) is 391 Å². The summed E-state index contributed by atoms with van der Waals surface area (Å²) < 4.78 is 0. The number of aryl methyl sites for hydroxylation is 3. The molecule has 0 aliphatic carbocycles. The van der Waals surface area contributed by atoms with Crippen molar-refractivity contribution in [2.75, 3.05) is 0 Å². The molecule has 18 aromatic carbocycles. The van der Waals surface area contributed by atoms with E-state index in [-0.39, 0.29) is 0 Å². The lowest BCUT2D eigenvalue weighted by Gasteiger charge is -2.19. The van der Waals surface area contributed by atoms with E-state index in [1.54, 1.807) is 0 Å². The van der Waals surface area contributed by atoms with E-state index < -0.39 is 0 Å². The van der Waals surface area contributed by atoms with Gasteiger partial charge in [-0.2, -0.15) is 0 Å². The van der Waals surface area contributed by atoms with Gasteiger partial charge in [0.25, 0.3) is 0 Å². The Hall–Kier alpha value is -12.2. The molecule has 0 spiro atoms. The van der Waals surface area contributed by atoms with Gasteiger partial charge in [-0.3, -0.25) is 0 Å². The summed E-state index contributed by atoms with van der Waals surface area (Å²) in [6.07, 6.45) is 0. The summed E-state index contributed by atoms with van der Waals surface area (Å²) in [7, 11) is 0. The number of rotatable bonds is 8. The zero-order valence-corrected chi connectivity index (χ0v) is 54.7. The molecule has 0 fully saturated rings. The van der Waals surface area contributed by atoms with Crippen LogP contribution in [0.3, 0.4) is 0 Å². The van der Waals surface area contributed by atoms with Gasteiger partial charge in [0.2, 0.25) is 0 Å². The number of fused-ring (bicyclic) bond motifs is 7. The molecule has 18 aromatic rings. The fourth-order valence-electron chi connectivity index (χ4n) is 14.8. The maximum atomic E-state index is 2.33. The van der Waals surface area contributed by atoms with Crippen LogP contribution >= 0.6 is 0 Å². The second-order valence-corrected chi connectivity index (χ2v) is 25.5. The predicted molar refractivity (Wildman–Crippen MR) is 420 cm³/mol. The van der Waals surface area contributed by atoms with Crippen LogP contribution in [0.15, 0.2) is 370 Å². The first-order valence-corrected chi connectivity index (χ1v) is 33.7. The molecule has 97 heavy (non-hydrogen) atoms. The molecule has 18 rings (SSSR count). The van der Waals surface area contributed by atoms with Gasteiger partial charge in [0, 0.05) is 0 Å². The third-order valence-corrected chi connectivity index (χ3v) is 19.4. The van der Waals surface area contributed by atoms with Crippen LogP contribution in [0.1, 0.15) is 16.7 Å². The molecule has 0 N–H and O–H groups in total. The molecule has 0 aliphatic heterocycles. The van der Waals surface area contributed by atoms with E-state index >= 15 is 0 Å². The molecular weight excluding hydrogens is 1170 g/mol. The summed E-state index contributed by atoms with van der Waals surface area (Å²) in [6, 6.07) is 134. The maximum Gasteiger partial charge on any atom is -0.00201 e. The summed E-state index contributed by atoms with van der Waals surface area (Å²) in [6.45, 7) is 6.43. The zero-order chi connectivity index (χ0) is 65.2. The molecule has 0 aliphatic rings. The van der Waals surface area contributed by atoms with Crippen LogP contribution < -0.4 is 0 Å². The van der Waals surface area contributed by atoms with Gasteiger partial charge in [0.15, 0.2) is 0 Å². The standard InChI is InChI=1S/2C33H24.C31H22/c1-23-15-17-26(18-16-23)32-28-11-5-7-13-30(28)33(31-14-8-6-12-29(31)32)27-21-19-25(20-22-27)24-9-3-2-4-10-24;1-23-19-21-25(22-20-23)32-28-15-7-9-17-30(28)33(31-18-10-8-16-29(31)32)27-14-6-5-13-26(27)24-11-3-2-4-12-24;1-21-14-16-23(17-15-21)30-26-10-4-6-12-28(26)31(29-13-7-5-11-27(29)30)25-19-18-22-8-2-3-9-24(22)20-25/h2*2-22H,1H3;2-20H,1H3. The van der Waals surface area contributed by atoms with E-state index in [0.29, 0.717) is 0 Å². The Bertz CT molecular complexity index is 5730. The van der Waals surface area contributed by atoms with Crippen molar-refractivity contribution in [3.8, 4) is 89.0 Å². The minimum absolute atomic E-state index is 1.24. The third kappa shape index (κ3) is 11.5. The first kappa shape index (κ1) is 59.8. The number of hydrogen-bond donors (Lipinski definition) is 0. The minimum Gasteiger partial charge on any atom is -0.0622 e. The summed E-state index contributed by atoms with van der Waals surface area (Å²) in [5, 5.41) is 18.1. The third-order valence-electron chi connectivity index (χ3n) is 19.4. The Morgan fingerprint density at radius 2 is 0.361 bits per heavy atom. The van der Waals surface area contributed by atoms with Gasteiger partial charge >= 0.3 is 0 Å². The van der Waals surface area contributed by atoms with Crippen molar-refractivity contribution < 1.29 is 0 Å². The largest absolute Gasteiger partial charge is 0.0622 e. The molecule has 0 radical (unpaired) electrons. The average molecular weight is 1240 g/mol. The second-order valence-electron chi connectivity index (χ2n) is 25.5. The quantitative estimate of drug-likeness (QED) is 0.133. The summed E-state index contributed by atoms with van der Waals surface area (Å²) in [5.41, 5.74) is 24.2. The van der Waals surface area contributed by atoms with E-state index in [1.807, 2.05) is 0 Å². The Kier molecular flexibility index (Phi) is 16.2. The van der Waals surface area contributed by atoms with Gasteiger partial charge in [-0.25, -0.2) is 0 Å².